The minimum absolute atomic E-state index is 0. The molecule has 2 aromatic carbocycles. The molecule has 0 aliphatic heterocycles. The van der Waals surface area contributed by atoms with Crippen LogP contribution in [0.3, 0.4) is 0 Å². The predicted octanol–water partition coefficient (Wildman–Crippen LogP) is 0.673. The quantitative estimate of drug-likeness (QED) is 0.400. The Bertz CT molecular complexity index is 1090. The van der Waals surface area contributed by atoms with Crippen LogP contribution in [0.5, 0.6) is 0 Å². The Hall–Kier alpha value is -0.920. The van der Waals surface area contributed by atoms with E-state index in [1.165, 1.54) is 43.2 Å². The first-order chi connectivity index (χ1) is 15.6. The summed E-state index contributed by atoms with van der Waals surface area (Å²) in [5.74, 6) is 0. The summed E-state index contributed by atoms with van der Waals surface area (Å²) >= 11 is -0.765. The SMILES string of the molecule is CCC1=C(CC)C(CC)=[C]([Zr+2][C]2=C([SiH](c3ccccc3C)c3ccccc3C)C=CC2)C1.[Cl-].[Cl-]. The van der Waals surface area contributed by atoms with Crippen molar-refractivity contribution in [1.82, 2.24) is 0 Å². The zero-order valence-corrected chi connectivity index (χ0v) is 26.3. The van der Waals surface area contributed by atoms with Crippen molar-refractivity contribution in [3.8, 4) is 0 Å². The maximum atomic E-state index is 2.53. The van der Waals surface area contributed by atoms with E-state index in [-0.39, 0.29) is 24.8 Å². The van der Waals surface area contributed by atoms with Gasteiger partial charge in [0.05, 0.1) is 0 Å². The summed E-state index contributed by atoms with van der Waals surface area (Å²) in [4.78, 5) is 0. The first-order valence-electron chi connectivity index (χ1n) is 12.3. The van der Waals surface area contributed by atoms with Gasteiger partial charge < -0.3 is 24.8 Å². The van der Waals surface area contributed by atoms with E-state index in [4.69, 9.17) is 0 Å². The Balaban J connectivity index is 0.00000204. The second-order valence-corrected chi connectivity index (χ2v) is 15.4. The molecule has 2 aliphatic rings. The molecule has 0 aromatic heterocycles. The number of allylic oxidation sites excluding steroid dienone is 8. The van der Waals surface area contributed by atoms with Crippen molar-refractivity contribution in [2.75, 3.05) is 0 Å². The monoisotopic (exact) mass is 584 g/mol. The molecule has 0 unspecified atom stereocenters. The summed E-state index contributed by atoms with van der Waals surface area (Å²) in [6.45, 7) is 11.7. The van der Waals surface area contributed by atoms with Crippen LogP contribution in [0.25, 0.3) is 0 Å². The van der Waals surface area contributed by atoms with Crippen LogP contribution in [0, 0.1) is 13.8 Å². The second kappa shape index (κ2) is 13.4. The van der Waals surface area contributed by atoms with Gasteiger partial charge in [0.15, 0.2) is 0 Å². The summed E-state index contributed by atoms with van der Waals surface area (Å²) in [6, 6.07) is 18.3. The van der Waals surface area contributed by atoms with Gasteiger partial charge in [0.2, 0.25) is 0 Å². The molecule has 4 rings (SSSR count). The van der Waals surface area contributed by atoms with Crippen molar-refractivity contribution in [2.24, 2.45) is 0 Å². The molecule has 2 aromatic rings. The normalized spacial score (nSPS) is 15.1. The Morgan fingerprint density at radius 1 is 0.735 bits per heavy atom. The third-order valence-electron chi connectivity index (χ3n) is 7.26. The summed E-state index contributed by atoms with van der Waals surface area (Å²) in [7, 11) is -1.48. The molecule has 0 nitrogen and oxygen atoms in total. The molecule has 4 heteroatoms. The van der Waals surface area contributed by atoms with E-state index in [1.807, 2.05) is 6.56 Å². The van der Waals surface area contributed by atoms with E-state index >= 15 is 0 Å². The van der Waals surface area contributed by atoms with Crippen molar-refractivity contribution >= 4 is 19.2 Å². The molecule has 0 spiro atoms. The molecule has 178 valence electrons. The van der Waals surface area contributed by atoms with Crippen LogP contribution in [-0.4, -0.2) is 8.80 Å². The number of rotatable bonds is 8. The largest absolute Gasteiger partial charge is 1.00 e. The van der Waals surface area contributed by atoms with Crippen LogP contribution >= 0.6 is 0 Å². The van der Waals surface area contributed by atoms with Gasteiger partial charge in [-0.3, -0.25) is 0 Å². The van der Waals surface area contributed by atoms with Gasteiger partial charge in [0.1, 0.15) is 0 Å². The maximum Gasteiger partial charge on any atom is -1.00 e. The molecule has 0 radical (unpaired) electrons. The molecule has 0 saturated heterocycles. The molecular formula is C30H36Cl2SiZr. The van der Waals surface area contributed by atoms with Gasteiger partial charge >= 0.3 is 209 Å². The van der Waals surface area contributed by atoms with Crippen LogP contribution in [0.4, 0.5) is 0 Å². The summed E-state index contributed by atoms with van der Waals surface area (Å²) < 4.78 is 3.73. The maximum absolute atomic E-state index is 2.53. The fourth-order valence-electron chi connectivity index (χ4n) is 5.59. The van der Waals surface area contributed by atoms with Gasteiger partial charge in [-0.15, -0.1) is 0 Å². The standard InChI is InChI=1S/C19H19Si.C11H17.2ClH.Zr/c1-15-9-3-7-13-18(15)20(17-11-5-6-12-17)19-14-8-4-10-16(19)2;1-4-9-7-8-10(5-2)11(9)6-3;;;/h3-5,7-11,13-14,20H,6H2,1-2H3;4-7H2,1-3H3;2*1H;/q;;;;+2/p-2. The average molecular weight is 587 g/mol. The molecule has 0 N–H and O–H groups in total. The van der Waals surface area contributed by atoms with E-state index in [0.29, 0.717) is 0 Å². The number of hydrogen-bond donors (Lipinski definition) is 0. The van der Waals surface area contributed by atoms with Crippen LogP contribution in [-0.2, 0) is 23.2 Å². The number of benzene rings is 2. The molecular weight excluding hydrogens is 551 g/mol. The van der Waals surface area contributed by atoms with Crippen molar-refractivity contribution in [1.29, 1.82) is 0 Å². The Kier molecular flexibility index (Phi) is 11.6. The molecule has 0 amide bonds. The molecule has 0 saturated carbocycles. The summed E-state index contributed by atoms with van der Waals surface area (Å²) in [6.07, 6.45) is 11.1. The van der Waals surface area contributed by atoms with Gasteiger partial charge in [-0.1, -0.05) is 0 Å². The van der Waals surface area contributed by atoms with Crippen molar-refractivity contribution in [3.05, 3.63) is 100 Å². The Morgan fingerprint density at radius 3 is 1.79 bits per heavy atom. The summed E-state index contributed by atoms with van der Waals surface area (Å²) in [5.41, 5.74) is 8.12. The van der Waals surface area contributed by atoms with Crippen LogP contribution in [0.2, 0.25) is 0 Å². The van der Waals surface area contributed by atoms with Gasteiger partial charge in [0.25, 0.3) is 0 Å². The molecule has 34 heavy (non-hydrogen) atoms. The average Bonchev–Trinajstić information content (AvgIpc) is 3.40. The van der Waals surface area contributed by atoms with Crippen LogP contribution in [0.1, 0.15) is 64.0 Å². The minimum atomic E-state index is -1.48. The zero-order chi connectivity index (χ0) is 22.7. The van der Waals surface area contributed by atoms with Crippen LogP contribution < -0.4 is 35.2 Å². The summed E-state index contributed by atoms with van der Waals surface area (Å²) in [5, 5.41) is 4.96. The number of halogens is 2. The third kappa shape index (κ3) is 5.89. The van der Waals surface area contributed by atoms with Gasteiger partial charge in [0, 0.05) is 0 Å². The van der Waals surface area contributed by atoms with Gasteiger partial charge in [-0.25, -0.2) is 0 Å². The minimum Gasteiger partial charge on any atom is -1.00 e. The fraction of sp³-hybridized carbons (Fsp3) is 0.333. The van der Waals surface area contributed by atoms with Gasteiger partial charge in [-0.05, 0) is 0 Å². The topological polar surface area (TPSA) is 0 Å². The third-order valence-corrected chi connectivity index (χ3v) is 15.5. The number of aryl methyl sites for hydroxylation is 2. The number of hydrogen-bond acceptors (Lipinski definition) is 0. The van der Waals surface area contributed by atoms with E-state index < -0.39 is 32.0 Å². The second-order valence-electron chi connectivity index (χ2n) is 9.09. The molecule has 0 bridgehead atoms. The smallest absolute Gasteiger partial charge is 1.00 e. The van der Waals surface area contributed by atoms with E-state index in [1.54, 1.807) is 32.3 Å². The first kappa shape index (κ1) is 29.3. The van der Waals surface area contributed by atoms with Gasteiger partial charge in [-0.2, -0.15) is 0 Å². The fourth-order valence-corrected chi connectivity index (χ4v) is 14.5. The molecule has 2 aliphatic carbocycles. The van der Waals surface area contributed by atoms with E-state index in [0.717, 1.165) is 0 Å². The Labute approximate surface area is 232 Å². The van der Waals surface area contributed by atoms with Crippen LogP contribution in [0.15, 0.2) is 89.2 Å². The zero-order valence-electron chi connectivity index (χ0n) is 21.1. The molecule has 0 heterocycles. The molecule has 0 atom stereocenters. The predicted molar refractivity (Wildman–Crippen MR) is 139 cm³/mol. The van der Waals surface area contributed by atoms with Crippen molar-refractivity contribution in [3.63, 3.8) is 0 Å². The van der Waals surface area contributed by atoms with Crippen molar-refractivity contribution in [2.45, 2.75) is 66.7 Å². The van der Waals surface area contributed by atoms with Crippen molar-refractivity contribution < 1.29 is 48.0 Å². The molecule has 0 fully saturated rings. The van der Waals surface area contributed by atoms with E-state index in [9.17, 15) is 0 Å². The Morgan fingerprint density at radius 2 is 1.29 bits per heavy atom. The first-order valence-corrected chi connectivity index (χ1v) is 16.5. The van der Waals surface area contributed by atoms with E-state index in [2.05, 4.69) is 95.3 Å².